The molecule has 0 saturated heterocycles. The van der Waals surface area contributed by atoms with Gasteiger partial charge in [0.2, 0.25) is 0 Å². The van der Waals surface area contributed by atoms with E-state index in [-0.39, 0.29) is 5.69 Å². The molecular formula is C14H15N5O2. The number of carbonyl (C=O) groups excluding carboxylic acids is 1. The molecule has 0 unspecified atom stereocenters. The fourth-order valence-corrected chi connectivity index (χ4v) is 2.24. The second-order valence-electron chi connectivity index (χ2n) is 4.72. The van der Waals surface area contributed by atoms with E-state index in [4.69, 9.17) is 0 Å². The van der Waals surface area contributed by atoms with Crippen molar-refractivity contribution in [3.8, 4) is 0 Å². The normalized spacial score (nSPS) is 13.1. The smallest absolute Gasteiger partial charge is 0.358 e. The Hall–Kier alpha value is -2.57. The van der Waals surface area contributed by atoms with Crippen LogP contribution in [0, 0.1) is 0 Å². The molecule has 3 heterocycles. The highest BCUT2D eigenvalue weighted by atomic mass is 16.5. The molecule has 0 amide bonds. The summed E-state index contributed by atoms with van der Waals surface area (Å²) in [6, 6.07) is 0. The third-order valence-corrected chi connectivity index (χ3v) is 3.36. The topological polar surface area (TPSA) is 81.1 Å². The first kappa shape index (κ1) is 13.4. The summed E-state index contributed by atoms with van der Waals surface area (Å²) in [7, 11) is 1.32. The Balaban J connectivity index is 1.85. The SMILES string of the molecule is CCc1ncc2c(n1)CN(c1cncc(C(=O)OC)n1)C2. The third kappa shape index (κ3) is 2.54. The first-order valence-corrected chi connectivity index (χ1v) is 6.70. The molecule has 0 radical (unpaired) electrons. The fourth-order valence-electron chi connectivity index (χ4n) is 2.24. The molecule has 21 heavy (non-hydrogen) atoms. The van der Waals surface area contributed by atoms with Gasteiger partial charge in [0.25, 0.3) is 0 Å². The van der Waals surface area contributed by atoms with Crippen LogP contribution in [-0.4, -0.2) is 33.0 Å². The molecule has 0 aliphatic carbocycles. The number of hydrogen-bond donors (Lipinski definition) is 0. The van der Waals surface area contributed by atoms with Gasteiger partial charge in [0.15, 0.2) is 5.69 Å². The van der Waals surface area contributed by atoms with Crippen LogP contribution in [0.2, 0.25) is 0 Å². The highest BCUT2D eigenvalue weighted by Gasteiger charge is 2.23. The number of esters is 1. The van der Waals surface area contributed by atoms with E-state index in [1.807, 2.05) is 18.0 Å². The van der Waals surface area contributed by atoms with E-state index < -0.39 is 5.97 Å². The van der Waals surface area contributed by atoms with Crippen molar-refractivity contribution < 1.29 is 9.53 Å². The van der Waals surface area contributed by atoms with Gasteiger partial charge in [-0.15, -0.1) is 0 Å². The molecule has 7 nitrogen and oxygen atoms in total. The lowest BCUT2D eigenvalue weighted by Crippen LogP contribution is -2.18. The molecule has 7 heteroatoms. The zero-order chi connectivity index (χ0) is 14.8. The Labute approximate surface area is 122 Å². The Morgan fingerprint density at radius 3 is 2.90 bits per heavy atom. The van der Waals surface area contributed by atoms with Crippen LogP contribution in [0.25, 0.3) is 0 Å². The maximum atomic E-state index is 11.5. The van der Waals surface area contributed by atoms with Crippen LogP contribution in [0.4, 0.5) is 5.82 Å². The van der Waals surface area contributed by atoms with E-state index in [0.717, 1.165) is 23.5 Å². The van der Waals surface area contributed by atoms with Gasteiger partial charge in [0.1, 0.15) is 11.6 Å². The number of aryl methyl sites for hydroxylation is 1. The van der Waals surface area contributed by atoms with Crippen molar-refractivity contribution in [1.82, 2.24) is 19.9 Å². The summed E-state index contributed by atoms with van der Waals surface area (Å²) in [4.78, 5) is 30.7. The highest BCUT2D eigenvalue weighted by molar-refractivity contribution is 5.87. The maximum absolute atomic E-state index is 11.5. The minimum absolute atomic E-state index is 0.200. The van der Waals surface area contributed by atoms with Crippen LogP contribution in [0.15, 0.2) is 18.6 Å². The number of carbonyl (C=O) groups is 1. The van der Waals surface area contributed by atoms with Crippen molar-refractivity contribution >= 4 is 11.8 Å². The van der Waals surface area contributed by atoms with Gasteiger partial charge < -0.3 is 9.64 Å². The van der Waals surface area contributed by atoms with E-state index in [1.165, 1.54) is 13.3 Å². The lowest BCUT2D eigenvalue weighted by Gasteiger charge is -2.15. The zero-order valence-corrected chi connectivity index (χ0v) is 11.9. The molecule has 0 N–H and O–H groups in total. The fraction of sp³-hybridized carbons (Fsp3) is 0.357. The largest absolute Gasteiger partial charge is 0.464 e. The van der Waals surface area contributed by atoms with Crippen molar-refractivity contribution in [2.75, 3.05) is 12.0 Å². The molecule has 0 atom stereocenters. The predicted molar refractivity (Wildman–Crippen MR) is 74.7 cm³/mol. The number of ether oxygens (including phenoxy) is 1. The summed E-state index contributed by atoms with van der Waals surface area (Å²) in [6.07, 6.45) is 5.70. The number of fused-ring (bicyclic) bond motifs is 1. The van der Waals surface area contributed by atoms with Crippen LogP contribution >= 0.6 is 0 Å². The average Bonchev–Trinajstić information content (AvgIpc) is 2.97. The molecule has 0 bridgehead atoms. The van der Waals surface area contributed by atoms with Gasteiger partial charge in [-0.1, -0.05) is 6.92 Å². The third-order valence-electron chi connectivity index (χ3n) is 3.36. The number of anilines is 1. The van der Waals surface area contributed by atoms with Gasteiger partial charge in [-0.05, 0) is 0 Å². The van der Waals surface area contributed by atoms with Crippen LogP contribution in [0.3, 0.4) is 0 Å². The van der Waals surface area contributed by atoms with Gasteiger partial charge in [0, 0.05) is 24.7 Å². The Morgan fingerprint density at radius 2 is 2.14 bits per heavy atom. The average molecular weight is 285 g/mol. The van der Waals surface area contributed by atoms with E-state index in [1.54, 1.807) is 6.20 Å². The van der Waals surface area contributed by atoms with Crippen LogP contribution < -0.4 is 4.90 Å². The molecule has 3 rings (SSSR count). The summed E-state index contributed by atoms with van der Waals surface area (Å²) in [6.45, 7) is 3.34. The minimum Gasteiger partial charge on any atom is -0.464 e. The minimum atomic E-state index is -0.492. The molecule has 108 valence electrons. The van der Waals surface area contributed by atoms with Gasteiger partial charge >= 0.3 is 5.97 Å². The molecule has 0 fully saturated rings. The summed E-state index contributed by atoms with van der Waals surface area (Å²) < 4.78 is 4.66. The Kier molecular flexibility index (Phi) is 3.47. The van der Waals surface area contributed by atoms with Crippen molar-refractivity contribution in [3.63, 3.8) is 0 Å². The van der Waals surface area contributed by atoms with Crippen molar-refractivity contribution in [1.29, 1.82) is 0 Å². The number of methoxy groups -OCH3 is 1. The molecule has 2 aromatic heterocycles. The molecule has 0 saturated carbocycles. The zero-order valence-electron chi connectivity index (χ0n) is 11.9. The monoisotopic (exact) mass is 285 g/mol. The van der Waals surface area contributed by atoms with Crippen molar-refractivity contribution in [2.24, 2.45) is 0 Å². The summed E-state index contributed by atoms with van der Waals surface area (Å²) >= 11 is 0. The standard InChI is InChI=1S/C14H15N5O2/c1-3-12-16-4-9-7-19(8-11(9)17-12)13-6-15-5-10(18-13)14(20)21-2/h4-6H,3,7-8H2,1-2H3. The maximum Gasteiger partial charge on any atom is 0.358 e. The van der Waals surface area contributed by atoms with Crippen LogP contribution in [-0.2, 0) is 24.2 Å². The second-order valence-corrected chi connectivity index (χ2v) is 4.72. The van der Waals surface area contributed by atoms with E-state index in [9.17, 15) is 4.79 Å². The molecule has 1 aliphatic heterocycles. The van der Waals surface area contributed by atoms with Crippen molar-refractivity contribution in [2.45, 2.75) is 26.4 Å². The second kappa shape index (κ2) is 5.43. The van der Waals surface area contributed by atoms with Crippen LogP contribution in [0.5, 0.6) is 0 Å². The van der Waals surface area contributed by atoms with Crippen molar-refractivity contribution in [3.05, 3.63) is 41.4 Å². The van der Waals surface area contributed by atoms with Gasteiger partial charge in [-0.3, -0.25) is 4.98 Å². The lowest BCUT2D eigenvalue weighted by atomic mass is 10.3. The molecule has 1 aliphatic rings. The van der Waals surface area contributed by atoms with E-state index >= 15 is 0 Å². The first-order chi connectivity index (χ1) is 10.2. The van der Waals surface area contributed by atoms with Gasteiger partial charge in [0.05, 0.1) is 31.7 Å². The summed E-state index contributed by atoms with van der Waals surface area (Å²) in [5.41, 5.74) is 2.29. The lowest BCUT2D eigenvalue weighted by molar-refractivity contribution is 0.0593. The molecule has 0 spiro atoms. The van der Waals surface area contributed by atoms with Gasteiger partial charge in [-0.25, -0.2) is 19.7 Å². The molecular weight excluding hydrogens is 270 g/mol. The first-order valence-electron chi connectivity index (χ1n) is 6.70. The Morgan fingerprint density at radius 1 is 1.29 bits per heavy atom. The quantitative estimate of drug-likeness (QED) is 0.782. The van der Waals surface area contributed by atoms with E-state index in [2.05, 4.69) is 24.7 Å². The number of aromatic nitrogens is 4. The summed E-state index contributed by atoms with van der Waals surface area (Å²) in [5.74, 6) is 0.980. The summed E-state index contributed by atoms with van der Waals surface area (Å²) in [5, 5.41) is 0. The number of hydrogen-bond acceptors (Lipinski definition) is 7. The van der Waals surface area contributed by atoms with Crippen LogP contribution in [0.1, 0.15) is 34.5 Å². The molecule has 2 aromatic rings. The predicted octanol–water partition coefficient (Wildman–Crippen LogP) is 1.14. The van der Waals surface area contributed by atoms with Gasteiger partial charge in [-0.2, -0.15) is 0 Å². The van der Waals surface area contributed by atoms with E-state index in [0.29, 0.717) is 18.9 Å². The number of rotatable bonds is 3. The highest BCUT2D eigenvalue weighted by Crippen LogP contribution is 2.25. The Bertz CT molecular complexity index is 689. The number of nitrogens with zero attached hydrogens (tertiary/aromatic N) is 5. The molecule has 0 aromatic carbocycles.